The van der Waals surface area contributed by atoms with Crippen LogP contribution in [-0.2, 0) is 4.74 Å². The van der Waals surface area contributed by atoms with E-state index in [1.54, 1.807) is 10.6 Å². The van der Waals surface area contributed by atoms with Crippen molar-refractivity contribution in [3.05, 3.63) is 36.3 Å². The van der Waals surface area contributed by atoms with Crippen molar-refractivity contribution in [1.29, 1.82) is 0 Å². The van der Waals surface area contributed by atoms with Crippen LogP contribution in [-0.4, -0.2) is 21.5 Å². The molecule has 1 aliphatic carbocycles. The lowest BCUT2D eigenvalue weighted by Gasteiger charge is -2.13. The number of hydrogen-bond acceptors (Lipinski definition) is 3. The van der Waals surface area contributed by atoms with E-state index in [0.717, 1.165) is 18.5 Å². The largest absolute Gasteiger partial charge is 0.456 e. The second-order valence-electron chi connectivity index (χ2n) is 4.78. The first-order valence-electron chi connectivity index (χ1n) is 6.36. The molecule has 19 heavy (non-hydrogen) atoms. The topological polar surface area (TPSA) is 43.6 Å². The van der Waals surface area contributed by atoms with Crippen molar-refractivity contribution in [2.24, 2.45) is 5.92 Å². The molecule has 4 heteroatoms. The highest BCUT2D eigenvalue weighted by Gasteiger charge is 2.34. The van der Waals surface area contributed by atoms with Crippen LogP contribution in [0.2, 0.25) is 0 Å². The Hall–Kier alpha value is -2.28. The molecule has 1 fully saturated rings. The van der Waals surface area contributed by atoms with Crippen LogP contribution >= 0.6 is 0 Å². The van der Waals surface area contributed by atoms with E-state index < -0.39 is 5.97 Å². The highest BCUT2D eigenvalue weighted by atomic mass is 16.5. The standard InChI is InChI=1S/C15H14N2O2/c1-2-5-13(11-7-8-11)19-15(18)12-10-17-9-4-3-6-14(17)16-12/h1,3-4,6,9-11,13H,5,7-8H2/t13-/m0/s1. The van der Waals surface area contributed by atoms with Crippen LogP contribution in [0.1, 0.15) is 29.8 Å². The second-order valence-corrected chi connectivity index (χ2v) is 4.78. The summed E-state index contributed by atoms with van der Waals surface area (Å²) in [6.07, 6.45) is 11.3. The molecule has 0 unspecified atom stereocenters. The van der Waals surface area contributed by atoms with Gasteiger partial charge in [0.25, 0.3) is 0 Å². The SMILES string of the molecule is C#CC[C@H](OC(=O)c1cn2ccccc2n1)C1CC1. The zero-order valence-electron chi connectivity index (χ0n) is 10.5. The number of fused-ring (bicyclic) bond motifs is 1. The molecule has 0 spiro atoms. The zero-order valence-corrected chi connectivity index (χ0v) is 10.5. The highest BCUT2D eigenvalue weighted by Crippen LogP contribution is 2.36. The van der Waals surface area contributed by atoms with Crippen molar-refractivity contribution in [1.82, 2.24) is 9.38 Å². The van der Waals surface area contributed by atoms with Crippen LogP contribution in [0.5, 0.6) is 0 Å². The van der Waals surface area contributed by atoms with Gasteiger partial charge in [0.05, 0.1) is 0 Å². The molecule has 0 aromatic carbocycles. The third-order valence-corrected chi connectivity index (χ3v) is 3.30. The minimum absolute atomic E-state index is 0.165. The Bertz CT molecular complexity index is 616. The fourth-order valence-electron chi connectivity index (χ4n) is 2.12. The molecule has 1 aliphatic rings. The van der Waals surface area contributed by atoms with Crippen molar-refractivity contribution >= 4 is 11.6 Å². The summed E-state index contributed by atoms with van der Waals surface area (Å²) in [6.45, 7) is 0. The molecule has 2 aromatic rings. The minimum Gasteiger partial charge on any atom is -0.456 e. The molecule has 2 heterocycles. The van der Waals surface area contributed by atoms with Crippen molar-refractivity contribution in [2.45, 2.75) is 25.4 Å². The summed E-state index contributed by atoms with van der Waals surface area (Å²) in [7, 11) is 0. The molecule has 1 atom stereocenters. The molecule has 0 bridgehead atoms. The summed E-state index contributed by atoms with van der Waals surface area (Å²) in [5, 5.41) is 0. The van der Waals surface area contributed by atoms with E-state index in [9.17, 15) is 4.79 Å². The molecule has 0 saturated heterocycles. The number of carbonyl (C=O) groups excluding carboxylic acids is 1. The van der Waals surface area contributed by atoms with Crippen LogP contribution in [0.3, 0.4) is 0 Å². The maximum Gasteiger partial charge on any atom is 0.358 e. The lowest BCUT2D eigenvalue weighted by Crippen LogP contribution is -2.20. The summed E-state index contributed by atoms with van der Waals surface area (Å²) < 4.78 is 7.27. The number of pyridine rings is 1. The number of rotatable bonds is 4. The van der Waals surface area contributed by atoms with Gasteiger partial charge in [-0.3, -0.25) is 0 Å². The Labute approximate surface area is 111 Å². The Morgan fingerprint density at radius 2 is 2.42 bits per heavy atom. The molecule has 96 valence electrons. The normalized spacial score (nSPS) is 15.9. The fourth-order valence-corrected chi connectivity index (χ4v) is 2.12. The molecule has 1 saturated carbocycles. The Morgan fingerprint density at radius 1 is 1.58 bits per heavy atom. The Kier molecular flexibility index (Phi) is 2.96. The minimum atomic E-state index is -0.393. The van der Waals surface area contributed by atoms with Gasteiger partial charge in [0.1, 0.15) is 11.8 Å². The fraction of sp³-hybridized carbons (Fsp3) is 0.333. The van der Waals surface area contributed by atoms with Crippen LogP contribution in [0, 0.1) is 18.3 Å². The van der Waals surface area contributed by atoms with E-state index in [2.05, 4.69) is 10.9 Å². The maximum atomic E-state index is 12.1. The van der Waals surface area contributed by atoms with Gasteiger partial charge in [-0.1, -0.05) is 6.07 Å². The van der Waals surface area contributed by atoms with Crippen molar-refractivity contribution in [3.63, 3.8) is 0 Å². The van der Waals surface area contributed by atoms with Crippen LogP contribution in [0.15, 0.2) is 30.6 Å². The lowest BCUT2D eigenvalue weighted by molar-refractivity contribution is 0.0255. The van der Waals surface area contributed by atoms with Crippen LogP contribution < -0.4 is 0 Å². The highest BCUT2D eigenvalue weighted by molar-refractivity contribution is 5.88. The van der Waals surface area contributed by atoms with Gasteiger partial charge in [0.2, 0.25) is 0 Å². The van der Waals surface area contributed by atoms with E-state index >= 15 is 0 Å². The summed E-state index contributed by atoms with van der Waals surface area (Å²) in [5.41, 5.74) is 1.06. The first-order chi connectivity index (χ1) is 9.28. The maximum absolute atomic E-state index is 12.1. The molecule has 0 aliphatic heterocycles. The molecular formula is C15H14N2O2. The number of aromatic nitrogens is 2. The molecule has 0 radical (unpaired) electrons. The number of nitrogens with zero attached hydrogens (tertiary/aromatic N) is 2. The average molecular weight is 254 g/mol. The average Bonchev–Trinajstić information content (AvgIpc) is 3.16. The Morgan fingerprint density at radius 3 is 3.11 bits per heavy atom. The lowest BCUT2D eigenvalue weighted by atomic mass is 10.2. The number of carbonyl (C=O) groups is 1. The van der Waals surface area contributed by atoms with Gasteiger partial charge in [-0.15, -0.1) is 12.3 Å². The third kappa shape index (κ3) is 2.45. The number of terminal acetylenes is 1. The second kappa shape index (κ2) is 4.77. The van der Waals surface area contributed by atoms with Gasteiger partial charge in [-0.25, -0.2) is 9.78 Å². The first kappa shape index (κ1) is 11.8. The summed E-state index contributed by atoms with van der Waals surface area (Å²) in [4.78, 5) is 16.3. The van der Waals surface area contributed by atoms with Crippen LogP contribution in [0.25, 0.3) is 5.65 Å². The van der Waals surface area contributed by atoms with Crippen molar-refractivity contribution in [3.8, 4) is 12.3 Å². The molecular weight excluding hydrogens is 240 g/mol. The monoisotopic (exact) mass is 254 g/mol. The quantitative estimate of drug-likeness (QED) is 0.621. The van der Waals surface area contributed by atoms with E-state index in [4.69, 9.17) is 11.2 Å². The molecule has 0 amide bonds. The van der Waals surface area contributed by atoms with Crippen molar-refractivity contribution < 1.29 is 9.53 Å². The molecule has 2 aromatic heterocycles. The Balaban J connectivity index is 1.77. The smallest absolute Gasteiger partial charge is 0.358 e. The molecule has 4 nitrogen and oxygen atoms in total. The third-order valence-electron chi connectivity index (χ3n) is 3.30. The van der Waals surface area contributed by atoms with Gasteiger partial charge >= 0.3 is 5.97 Å². The summed E-state index contributed by atoms with van der Waals surface area (Å²) in [5.74, 6) is 2.60. The number of hydrogen-bond donors (Lipinski definition) is 0. The van der Waals surface area contributed by atoms with Gasteiger partial charge in [-0.2, -0.15) is 0 Å². The molecule has 3 rings (SSSR count). The van der Waals surface area contributed by atoms with E-state index in [0.29, 0.717) is 18.0 Å². The first-order valence-corrected chi connectivity index (χ1v) is 6.36. The number of esters is 1. The van der Waals surface area contributed by atoms with Crippen LogP contribution in [0.4, 0.5) is 0 Å². The predicted molar refractivity (Wildman–Crippen MR) is 70.6 cm³/mol. The van der Waals surface area contributed by atoms with E-state index in [1.165, 1.54) is 0 Å². The summed E-state index contributed by atoms with van der Waals surface area (Å²) in [6, 6.07) is 5.61. The van der Waals surface area contributed by atoms with E-state index in [-0.39, 0.29) is 6.10 Å². The predicted octanol–water partition coefficient (Wildman–Crippen LogP) is 2.29. The number of imidazole rings is 1. The van der Waals surface area contributed by atoms with Gasteiger partial charge in [0, 0.05) is 18.8 Å². The molecule has 0 N–H and O–H groups in total. The zero-order chi connectivity index (χ0) is 13.2. The van der Waals surface area contributed by atoms with E-state index in [1.807, 2.05) is 24.4 Å². The summed E-state index contributed by atoms with van der Waals surface area (Å²) >= 11 is 0. The number of ether oxygens (including phenoxy) is 1. The van der Waals surface area contributed by atoms with Crippen molar-refractivity contribution in [2.75, 3.05) is 0 Å². The van der Waals surface area contributed by atoms with Gasteiger partial charge < -0.3 is 9.14 Å². The van der Waals surface area contributed by atoms with Gasteiger partial charge in [-0.05, 0) is 30.9 Å². The van der Waals surface area contributed by atoms with Gasteiger partial charge in [0.15, 0.2) is 5.69 Å².